The molecule has 116 valence electrons. The van der Waals surface area contributed by atoms with E-state index in [4.69, 9.17) is 15.6 Å². The van der Waals surface area contributed by atoms with Gasteiger partial charge in [-0.2, -0.15) is 0 Å². The van der Waals surface area contributed by atoms with Crippen LogP contribution in [0.4, 0.5) is 5.69 Å². The third-order valence-corrected chi connectivity index (χ3v) is 5.38. The van der Waals surface area contributed by atoms with Crippen molar-refractivity contribution in [2.45, 2.75) is 37.0 Å². The van der Waals surface area contributed by atoms with Crippen molar-refractivity contribution in [1.82, 2.24) is 0 Å². The predicted molar refractivity (Wildman–Crippen MR) is 79.3 cm³/mol. The molecule has 2 unspecified atom stereocenters. The summed E-state index contributed by atoms with van der Waals surface area (Å²) in [6.07, 6.45) is 3.53. The summed E-state index contributed by atoms with van der Waals surface area (Å²) < 4.78 is 29.0. The van der Waals surface area contributed by atoms with E-state index in [1.807, 2.05) is 0 Å². The summed E-state index contributed by atoms with van der Waals surface area (Å²) in [5.41, 5.74) is 6.23. The number of rotatable bonds is 4. The summed E-state index contributed by atoms with van der Waals surface area (Å²) in [5.74, 6) is -0.758. The molecule has 7 heteroatoms. The third-order valence-electron chi connectivity index (χ3n) is 3.74. The number of carboxylic acids is 1. The average Bonchev–Trinajstić information content (AvgIpc) is 2.40. The number of anilines is 1. The number of hydrogen-bond donors (Lipinski definition) is 2. The average molecular weight is 313 g/mol. The number of sulfone groups is 1. The fourth-order valence-electron chi connectivity index (χ4n) is 2.55. The Morgan fingerprint density at radius 1 is 1.38 bits per heavy atom. The van der Waals surface area contributed by atoms with Crippen molar-refractivity contribution in [2.75, 3.05) is 12.0 Å². The minimum absolute atomic E-state index is 0.0923. The number of hydrogen-bond acceptors (Lipinski definition) is 5. The monoisotopic (exact) mass is 313 g/mol. The molecule has 21 heavy (non-hydrogen) atoms. The molecule has 0 radical (unpaired) electrons. The van der Waals surface area contributed by atoms with Crippen LogP contribution < -0.4 is 10.5 Å². The van der Waals surface area contributed by atoms with Crippen LogP contribution in [0, 0.1) is 0 Å². The summed E-state index contributed by atoms with van der Waals surface area (Å²) in [7, 11) is -3.09. The van der Waals surface area contributed by atoms with Crippen LogP contribution >= 0.6 is 0 Å². The molecule has 1 aromatic carbocycles. The van der Waals surface area contributed by atoms with Gasteiger partial charge >= 0.3 is 5.97 Å². The Labute approximate surface area is 123 Å². The zero-order valence-electron chi connectivity index (χ0n) is 11.8. The summed E-state index contributed by atoms with van der Waals surface area (Å²) in [4.78, 5) is 11.0. The van der Waals surface area contributed by atoms with E-state index in [2.05, 4.69) is 0 Å². The van der Waals surface area contributed by atoms with E-state index in [1.54, 1.807) is 0 Å². The minimum atomic E-state index is -3.09. The molecule has 0 aliphatic heterocycles. The fraction of sp³-hybridized carbons (Fsp3) is 0.500. The lowest BCUT2D eigenvalue weighted by Gasteiger charge is -2.29. The molecule has 1 saturated carbocycles. The molecular weight excluding hydrogens is 294 g/mol. The highest BCUT2D eigenvalue weighted by Gasteiger charge is 2.30. The lowest BCUT2D eigenvalue weighted by molar-refractivity contribution is 0.0695. The highest BCUT2D eigenvalue weighted by molar-refractivity contribution is 7.91. The van der Waals surface area contributed by atoms with Crippen LogP contribution in [0.15, 0.2) is 18.2 Å². The molecule has 0 amide bonds. The molecule has 0 aromatic heterocycles. The Balaban J connectivity index is 2.14. The maximum Gasteiger partial charge on any atom is 0.335 e. The molecule has 0 bridgehead atoms. The van der Waals surface area contributed by atoms with Crippen LogP contribution in [-0.4, -0.2) is 37.1 Å². The van der Waals surface area contributed by atoms with E-state index in [1.165, 1.54) is 24.5 Å². The van der Waals surface area contributed by atoms with E-state index in [0.29, 0.717) is 24.3 Å². The molecule has 1 fully saturated rings. The van der Waals surface area contributed by atoms with Crippen molar-refractivity contribution < 1.29 is 23.1 Å². The number of carboxylic acid groups (broad SMARTS) is 1. The molecule has 1 aliphatic rings. The van der Waals surface area contributed by atoms with E-state index >= 15 is 0 Å². The molecular formula is C14H19NO5S. The number of benzene rings is 1. The van der Waals surface area contributed by atoms with Gasteiger partial charge in [0.05, 0.1) is 16.5 Å². The van der Waals surface area contributed by atoms with Gasteiger partial charge in [0, 0.05) is 12.7 Å². The third kappa shape index (κ3) is 3.87. The first-order valence-corrected chi connectivity index (χ1v) is 8.71. The first kappa shape index (κ1) is 15.6. The van der Waals surface area contributed by atoms with Gasteiger partial charge in [0.1, 0.15) is 21.7 Å². The van der Waals surface area contributed by atoms with Gasteiger partial charge in [-0.05, 0) is 37.5 Å². The SMILES string of the molecule is CS(=O)(=O)C1CCCC(Oc2cc(C(=O)O)ccc2N)C1. The van der Waals surface area contributed by atoms with Gasteiger partial charge in [-0.25, -0.2) is 13.2 Å². The standard InChI is InChI=1S/C14H19NO5S/c1-21(18,19)11-4-2-3-10(8-11)20-13-7-9(14(16)17)5-6-12(13)15/h5-7,10-11H,2-4,8,15H2,1H3,(H,16,17). The summed E-state index contributed by atoms with van der Waals surface area (Å²) in [5, 5.41) is 8.58. The Kier molecular flexibility index (Phi) is 4.41. The molecule has 6 nitrogen and oxygen atoms in total. The predicted octanol–water partition coefficient (Wildman–Crippen LogP) is 1.70. The van der Waals surface area contributed by atoms with Crippen molar-refractivity contribution in [3.8, 4) is 5.75 Å². The second kappa shape index (κ2) is 5.93. The maximum atomic E-state index is 11.6. The van der Waals surface area contributed by atoms with Crippen molar-refractivity contribution in [1.29, 1.82) is 0 Å². The maximum absolute atomic E-state index is 11.6. The number of nitrogen functional groups attached to an aromatic ring is 1. The number of ether oxygens (including phenoxy) is 1. The normalized spacial score (nSPS) is 22.7. The molecule has 1 aliphatic carbocycles. The van der Waals surface area contributed by atoms with Gasteiger partial charge in [0.15, 0.2) is 0 Å². The Bertz CT molecular complexity index is 641. The Morgan fingerprint density at radius 3 is 2.71 bits per heavy atom. The van der Waals surface area contributed by atoms with Crippen molar-refractivity contribution in [3.05, 3.63) is 23.8 Å². The zero-order valence-corrected chi connectivity index (χ0v) is 12.6. The first-order chi connectivity index (χ1) is 9.77. The van der Waals surface area contributed by atoms with Crippen LogP contribution in [0.3, 0.4) is 0 Å². The van der Waals surface area contributed by atoms with Crippen LogP contribution in [0.2, 0.25) is 0 Å². The van der Waals surface area contributed by atoms with Crippen LogP contribution in [0.1, 0.15) is 36.0 Å². The lowest BCUT2D eigenvalue weighted by atomic mass is 9.97. The van der Waals surface area contributed by atoms with Gasteiger partial charge < -0.3 is 15.6 Å². The second-order valence-corrected chi connectivity index (χ2v) is 7.74. The van der Waals surface area contributed by atoms with E-state index in [0.717, 1.165) is 12.8 Å². The molecule has 0 spiro atoms. The van der Waals surface area contributed by atoms with E-state index < -0.39 is 21.1 Å². The van der Waals surface area contributed by atoms with Gasteiger partial charge in [0.2, 0.25) is 0 Å². The van der Waals surface area contributed by atoms with Gasteiger partial charge in [-0.1, -0.05) is 0 Å². The summed E-state index contributed by atoms with van der Waals surface area (Å²) in [6, 6.07) is 4.27. The molecule has 2 rings (SSSR count). The highest BCUT2D eigenvalue weighted by atomic mass is 32.2. The van der Waals surface area contributed by atoms with Crippen LogP contribution in [0.25, 0.3) is 0 Å². The molecule has 2 atom stereocenters. The van der Waals surface area contributed by atoms with Crippen molar-refractivity contribution in [2.24, 2.45) is 0 Å². The topological polar surface area (TPSA) is 107 Å². The largest absolute Gasteiger partial charge is 0.488 e. The van der Waals surface area contributed by atoms with Crippen LogP contribution in [-0.2, 0) is 9.84 Å². The van der Waals surface area contributed by atoms with Gasteiger partial charge in [0.25, 0.3) is 0 Å². The summed E-state index contributed by atoms with van der Waals surface area (Å²) in [6.45, 7) is 0. The second-order valence-electron chi connectivity index (χ2n) is 5.42. The molecule has 0 heterocycles. The fourth-order valence-corrected chi connectivity index (χ4v) is 3.71. The quantitative estimate of drug-likeness (QED) is 0.819. The molecule has 1 aromatic rings. The number of nitrogens with two attached hydrogens (primary N) is 1. The summed E-state index contributed by atoms with van der Waals surface area (Å²) >= 11 is 0. The zero-order chi connectivity index (χ0) is 15.6. The Morgan fingerprint density at radius 2 is 2.10 bits per heavy atom. The Hall–Kier alpha value is -1.76. The molecule has 0 saturated heterocycles. The van der Waals surface area contributed by atoms with Crippen molar-refractivity contribution >= 4 is 21.5 Å². The van der Waals surface area contributed by atoms with Crippen molar-refractivity contribution in [3.63, 3.8) is 0 Å². The minimum Gasteiger partial charge on any atom is -0.488 e. The smallest absolute Gasteiger partial charge is 0.335 e. The lowest BCUT2D eigenvalue weighted by Crippen LogP contribution is -2.33. The van der Waals surface area contributed by atoms with Gasteiger partial charge in [-0.3, -0.25) is 0 Å². The molecule has 3 N–H and O–H groups in total. The van der Waals surface area contributed by atoms with E-state index in [-0.39, 0.29) is 11.7 Å². The van der Waals surface area contributed by atoms with Crippen LogP contribution in [0.5, 0.6) is 5.75 Å². The number of carbonyl (C=O) groups is 1. The first-order valence-electron chi connectivity index (χ1n) is 6.75. The highest BCUT2D eigenvalue weighted by Crippen LogP contribution is 2.30. The van der Waals surface area contributed by atoms with E-state index in [9.17, 15) is 13.2 Å². The van der Waals surface area contributed by atoms with Gasteiger partial charge in [-0.15, -0.1) is 0 Å². The number of aromatic carboxylic acids is 1.